The van der Waals surface area contributed by atoms with Crippen molar-refractivity contribution in [3.05, 3.63) is 38.9 Å². The molecule has 1 aromatic rings. The highest BCUT2D eigenvalue weighted by molar-refractivity contribution is 6.31. The van der Waals surface area contributed by atoms with E-state index in [1.807, 2.05) is 14.1 Å². The van der Waals surface area contributed by atoms with Gasteiger partial charge in [-0.25, -0.2) is 0 Å². The van der Waals surface area contributed by atoms with Gasteiger partial charge in [0.15, 0.2) is 0 Å². The van der Waals surface area contributed by atoms with Gasteiger partial charge in [-0.2, -0.15) is 0 Å². The lowest BCUT2D eigenvalue weighted by Gasteiger charge is -2.17. The molecule has 5 nitrogen and oxygen atoms in total. The Morgan fingerprint density at radius 2 is 2.22 bits per heavy atom. The van der Waals surface area contributed by atoms with Crippen molar-refractivity contribution in [2.24, 2.45) is 0 Å². The van der Waals surface area contributed by atoms with Crippen molar-refractivity contribution in [1.82, 2.24) is 10.2 Å². The van der Waals surface area contributed by atoms with Crippen LogP contribution in [-0.4, -0.2) is 37.0 Å². The highest BCUT2D eigenvalue weighted by Gasteiger charge is 2.10. The maximum absolute atomic E-state index is 10.6. The van der Waals surface area contributed by atoms with Crippen molar-refractivity contribution >= 4 is 17.3 Å². The molecular formula is C12H18ClN3O2. The van der Waals surface area contributed by atoms with Crippen molar-refractivity contribution in [2.45, 2.75) is 13.0 Å². The van der Waals surface area contributed by atoms with Crippen LogP contribution in [0.3, 0.4) is 0 Å². The molecule has 0 heterocycles. The third-order valence-electron chi connectivity index (χ3n) is 2.65. The molecule has 0 aliphatic carbocycles. The van der Waals surface area contributed by atoms with Gasteiger partial charge in [0.05, 0.1) is 9.95 Å². The zero-order valence-electron chi connectivity index (χ0n) is 10.6. The van der Waals surface area contributed by atoms with Gasteiger partial charge in [0.1, 0.15) is 0 Å². The van der Waals surface area contributed by atoms with Crippen LogP contribution >= 0.6 is 11.6 Å². The fraction of sp³-hybridized carbons (Fsp3) is 0.500. The Morgan fingerprint density at radius 3 is 2.78 bits per heavy atom. The molecule has 0 spiro atoms. The normalized spacial score (nSPS) is 10.9. The Balaban J connectivity index is 2.59. The molecule has 100 valence electrons. The maximum atomic E-state index is 10.6. The van der Waals surface area contributed by atoms with Crippen LogP contribution in [0.15, 0.2) is 18.2 Å². The van der Waals surface area contributed by atoms with Crippen LogP contribution in [0.4, 0.5) is 5.69 Å². The molecule has 1 aromatic carbocycles. The lowest BCUT2D eigenvalue weighted by atomic mass is 10.2. The summed E-state index contributed by atoms with van der Waals surface area (Å²) >= 11 is 6.04. The van der Waals surface area contributed by atoms with Crippen molar-refractivity contribution < 1.29 is 4.92 Å². The summed E-state index contributed by atoms with van der Waals surface area (Å²) in [6.07, 6.45) is 1.05. The van der Waals surface area contributed by atoms with Gasteiger partial charge < -0.3 is 10.2 Å². The van der Waals surface area contributed by atoms with E-state index >= 15 is 0 Å². The van der Waals surface area contributed by atoms with E-state index in [0.29, 0.717) is 11.6 Å². The molecule has 0 unspecified atom stereocenters. The molecular weight excluding hydrogens is 254 g/mol. The third-order valence-corrected chi connectivity index (χ3v) is 3.01. The predicted molar refractivity (Wildman–Crippen MR) is 73.0 cm³/mol. The van der Waals surface area contributed by atoms with Crippen LogP contribution < -0.4 is 5.32 Å². The first kappa shape index (κ1) is 14.9. The second kappa shape index (κ2) is 7.31. The largest absolute Gasteiger partial charge is 0.320 e. The molecule has 18 heavy (non-hydrogen) atoms. The summed E-state index contributed by atoms with van der Waals surface area (Å²) in [4.78, 5) is 12.3. The Morgan fingerprint density at radius 1 is 1.50 bits per heavy atom. The van der Waals surface area contributed by atoms with Crippen LogP contribution in [0.1, 0.15) is 12.0 Å². The zero-order chi connectivity index (χ0) is 13.5. The molecule has 0 atom stereocenters. The number of non-ortho nitro benzene ring substituents is 1. The summed E-state index contributed by atoms with van der Waals surface area (Å²) in [5.74, 6) is 0. The van der Waals surface area contributed by atoms with Crippen molar-refractivity contribution in [3.8, 4) is 0 Å². The monoisotopic (exact) mass is 271 g/mol. The SMILES string of the molecule is CNCCCN(C)Cc1ccc([N+](=O)[O-])cc1Cl. The highest BCUT2D eigenvalue weighted by Crippen LogP contribution is 2.23. The second-order valence-electron chi connectivity index (χ2n) is 4.23. The van der Waals surface area contributed by atoms with Gasteiger partial charge in [0, 0.05) is 18.7 Å². The van der Waals surface area contributed by atoms with Gasteiger partial charge >= 0.3 is 0 Å². The van der Waals surface area contributed by atoms with Gasteiger partial charge in [-0.05, 0) is 45.2 Å². The van der Waals surface area contributed by atoms with E-state index in [-0.39, 0.29) is 5.69 Å². The number of halogens is 1. The van der Waals surface area contributed by atoms with E-state index in [2.05, 4.69) is 10.2 Å². The fourth-order valence-corrected chi connectivity index (χ4v) is 1.91. The minimum atomic E-state index is -0.438. The average Bonchev–Trinajstić information content (AvgIpc) is 2.32. The Hall–Kier alpha value is -1.17. The number of hydrogen-bond donors (Lipinski definition) is 1. The van der Waals surface area contributed by atoms with Crippen molar-refractivity contribution in [3.63, 3.8) is 0 Å². The van der Waals surface area contributed by atoms with E-state index in [4.69, 9.17) is 11.6 Å². The summed E-state index contributed by atoms with van der Waals surface area (Å²) in [6.45, 7) is 2.62. The van der Waals surface area contributed by atoms with Gasteiger partial charge in [0.25, 0.3) is 5.69 Å². The van der Waals surface area contributed by atoms with E-state index in [1.165, 1.54) is 12.1 Å². The standard InChI is InChI=1S/C12H18ClN3O2/c1-14-6-3-7-15(2)9-10-4-5-11(16(17)18)8-12(10)13/h4-5,8,14H,3,6-7,9H2,1-2H3. The minimum Gasteiger partial charge on any atom is -0.320 e. The van der Waals surface area contributed by atoms with Crippen LogP contribution in [0.25, 0.3) is 0 Å². The van der Waals surface area contributed by atoms with E-state index in [0.717, 1.165) is 25.1 Å². The van der Waals surface area contributed by atoms with E-state index < -0.39 is 4.92 Å². The van der Waals surface area contributed by atoms with E-state index in [1.54, 1.807) is 6.07 Å². The topological polar surface area (TPSA) is 58.4 Å². The summed E-state index contributed by atoms with van der Waals surface area (Å²) in [6, 6.07) is 4.61. The molecule has 0 aliphatic heterocycles. The number of rotatable bonds is 7. The van der Waals surface area contributed by atoms with Gasteiger partial charge in [-0.15, -0.1) is 0 Å². The Labute approximate surface area is 112 Å². The average molecular weight is 272 g/mol. The smallest absolute Gasteiger partial charge is 0.270 e. The second-order valence-corrected chi connectivity index (χ2v) is 4.63. The molecule has 0 aromatic heterocycles. The predicted octanol–water partition coefficient (Wildman–Crippen LogP) is 2.29. The first-order valence-electron chi connectivity index (χ1n) is 5.80. The van der Waals surface area contributed by atoms with Crippen LogP contribution in [-0.2, 0) is 6.54 Å². The molecule has 0 radical (unpaired) electrons. The molecule has 0 saturated carbocycles. The van der Waals surface area contributed by atoms with Gasteiger partial charge in [-0.1, -0.05) is 11.6 Å². The first-order valence-corrected chi connectivity index (χ1v) is 6.18. The van der Waals surface area contributed by atoms with Crippen LogP contribution in [0.2, 0.25) is 5.02 Å². The van der Waals surface area contributed by atoms with Crippen molar-refractivity contribution in [2.75, 3.05) is 27.2 Å². The van der Waals surface area contributed by atoms with Crippen molar-refractivity contribution in [1.29, 1.82) is 0 Å². The molecule has 6 heteroatoms. The first-order chi connectivity index (χ1) is 8.54. The maximum Gasteiger partial charge on any atom is 0.270 e. The molecule has 0 fully saturated rings. The molecule has 1 N–H and O–H groups in total. The van der Waals surface area contributed by atoms with E-state index in [9.17, 15) is 10.1 Å². The van der Waals surface area contributed by atoms with Gasteiger partial charge in [0.2, 0.25) is 0 Å². The van der Waals surface area contributed by atoms with Crippen LogP contribution in [0.5, 0.6) is 0 Å². The number of nitrogens with zero attached hydrogens (tertiary/aromatic N) is 2. The number of hydrogen-bond acceptors (Lipinski definition) is 4. The number of nitro benzene ring substituents is 1. The lowest BCUT2D eigenvalue weighted by Crippen LogP contribution is -2.22. The zero-order valence-corrected chi connectivity index (χ0v) is 11.4. The molecule has 0 saturated heterocycles. The minimum absolute atomic E-state index is 0.0292. The Kier molecular flexibility index (Phi) is 6.04. The summed E-state index contributed by atoms with van der Waals surface area (Å²) in [5, 5.41) is 14.1. The number of benzene rings is 1. The Bertz CT molecular complexity index is 412. The molecule has 0 amide bonds. The highest BCUT2D eigenvalue weighted by atomic mass is 35.5. The number of nitrogens with one attached hydrogen (secondary N) is 1. The molecule has 0 bridgehead atoms. The summed E-state index contributed by atoms with van der Waals surface area (Å²) in [5.41, 5.74) is 0.941. The van der Waals surface area contributed by atoms with Crippen LogP contribution in [0, 0.1) is 10.1 Å². The summed E-state index contributed by atoms with van der Waals surface area (Å²) in [7, 11) is 3.93. The third kappa shape index (κ3) is 4.60. The molecule has 1 rings (SSSR count). The lowest BCUT2D eigenvalue weighted by molar-refractivity contribution is -0.384. The fourth-order valence-electron chi connectivity index (χ4n) is 1.67. The summed E-state index contributed by atoms with van der Waals surface area (Å²) < 4.78 is 0. The van der Waals surface area contributed by atoms with Gasteiger partial charge in [-0.3, -0.25) is 10.1 Å². The molecule has 0 aliphatic rings. The number of nitro groups is 1. The quantitative estimate of drug-likeness (QED) is 0.470.